The van der Waals surface area contributed by atoms with Crippen LogP contribution in [-0.4, -0.2) is 22.1 Å². The quantitative estimate of drug-likeness (QED) is 0.780. The Bertz CT molecular complexity index is 1010. The number of fused-ring (bicyclic) bond motifs is 1. The zero-order valence-corrected chi connectivity index (χ0v) is 15.3. The molecule has 7 heteroatoms. The van der Waals surface area contributed by atoms with Gasteiger partial charge in [-0.25, -0.2) is 9.78 Å². The molecule has 0 spiro atoms. The molecule has 3 aromatic rings. The van der Waals surface area contributed by atoms with Crippen LogP contribution in [-0.2, 0) is 0 Å². The summed E-state index contributed by atoms with van der Waals surface area (Å²) in [6.07, 6.45) is 0. The summed E-state index contributed by atoms with van der Waals surface area (Å²) in [7, 11) is 1.59. The van der Waals surface area contributed by atoms with Gasteiger partial charge in [-0.1, -0.05) is 12.1 Å². The molecular weight excluding hydrogens is 338 g/mol. The summed E-state index contributed by atoms with van der Waals surface area (Å²) in [4.78, 5) is 30.1. The molecule has 0 radical (unpaired) electrons. The SMILES string of the molecule is COc1cccc([C@@H](C)NC(=O)n2sc3nc(C)cc(C)c3c2=O)c1. The average Bonchev–Trinajstić information content (AvgIpc) is 2.91. The number of hydrogen-bond acceptors (Lipinski definition) is 5. The lowest BCUT2D eigenvalue weighted by molar-refractivity contribution is 0.241. The van der Waals surface area contributed by atoms with Crippen molar-refractivity contribution in [2.75, 3.05) is 7.11 Å². The molecule has 2 aromatic heterocycles. The summed E-state index contributed by atoms with van der Waals surface area (Å²) >= 11 is 1.06. The third-order valence-corrected chi connectivity index (χ3v) is 4.99. The first kappa shape index (κ1) is 17.2. The number of benzene rings is 1. The van der Waals surface area contributed by atoms with E-state index in [2.05, 4.69) is 10.3 Å². The molecule has 0 saturated heterocycles. The largest absolute Gasteiger partial charge is 0.497 e. The number of nitrogens with zero attached hydrogens (tertiary/aromatic N) is 2. The molecule has 0 fully saturated rings. The molecule has 0 aliphatic heterocycles. The van der Waals surface area contributed by atoms with E-state index in [-0.39, 0.29) is 11.6 Å². The maximum atomic E-state index is 12.6. The molecule has 1 amide bonds. The van der Waals surface area contributed by atoms with Crippen LogP contribution in [0.15, 0.2) is 35.1 Å². The van der Waals surface area contributed by atoms with Crippen molar-refractivity contribution in [2.24, 2.45) is 0 Å². The molecule has 130 valence electrons. The molecule has 1 N–H and O–H groups in total. The van der Waals surface area contributed by atoms with Gasteiger partial charge in [0.25, 0.3) is 5.56 Å². The van der Waals surface area contributed by atoms with Crippen molar-refractivity contribution in [1.29, 1.82) is 0 Å². The Morgan fingerprint density at radius 2 is 2.08 bits per heavy atom. The predicted molar refractivity (Wildman–Crippen MR) is 98.7 cm³/mol. The second-order valence-electron chi connectivity index (χ2n) is 5.90. The van der Waals surface area contributed by atoms with Crippen molar-refractivity contribution < 1.29 is 9.53 Å². The topological polar surface area (TPSA) is 73.2 Å². The van der Waals surface area contributed by atoms with E-state index >= 15 is 0 Å². The second-order valence-corrected chi connectivity index (χ2v) is 6.83. The van der Waals surface area contributed by atoms with Crippen LogP contribution >= 0.6 is 11.5 Å². The summed E-state index contributed by atoms with van der Waals surface area (Å²) in [5.41, 5.74) is 2.21. The number of rotatable bonds is 3. The van der Waals surface area contributed by atoms with Crippen molar-refractivity contribution in [3.63, 3.8) is 0 Å². The number of aromatic nitrogens is 2. The van der Waals surface area contributed by atoms with E-state index < -0.39 is 6.03 Å². The number of carbonyl (C=O) groups is 1. The summed E-state index contributed by atoms with van der Waals surface area (Å²) in [6, 6.07) is 8.57. The highest BCUT2D eigenvalue weighted by Gasteiger charge is 2.19. The molecule has 0 aliphatic rings. The first-order valence-electron chi connectivity index (χ1n) is 7.86. The van der Waals surface area contributed by atoms with Crippen molar-refractivity contribution in [3.8, 4) is 5.75 Å². The fraction of sp³-hybridized carbons (Fsp3) is 0.278. The van der Waals surface area contributed by atoms with Gasteiger partial charge in [0, 0.05) is 5.69 Å². The van der Waals surface area contributed by atoms with Crippen molar-refractivity contribution in [3.05, 3.63) is 57.5 Å². The summed E-state index contributed by atoms with van der Waals surface area (Å²) in [6.45, 7) is 5.58. The first-order valence-corrected chi connectivity index (χ1v) is 8.63. The van der Waals surface area contributed by atoms with Gasteiger partial charge in [0.15, 0.2) is 0 Å². The third-order valence-electron chi connectivity index (χ3n) is 4.01. The Morgan fingerprint density at radius 3 is 2.80 bits per heavy atom. The summed E-state index contributed by atoms with van der Waals surface area (Å²) in [5.74, 6) is 0.716. The van der Waals surface area contributed by atoms with Crippen LogP contribution in [0.5, 0.6) is 5.75 Å². The highest BCUT2D eigenvalue weighted by Crippen LogP contribution is 2.21. The van der Waals surface area contributed by atoms with Crippen LogP contribution in [0.2, 0.25) is 0 Å². The fourth-order valence-electron chi connectivity index (χ4n) is 2.73. The van der Waals surface area contributed by atoms with E-state index in [9.17, 15) is 9.59 Å². The van der Waals surface area contributed by atoms with Crippen molar-refractivity contribution in [2.45, 2.75) is 26.8 Å². The highest BCUT2D eigenvalue weighted by molar-refractivity contribution is 7.14. The molecule has 3 rings (SSSR count). The Labute approximate surface area is 149 Å². The molecule has 1 aromatic carbocycles. The maximum absolute atomic E-state index is 12.6. The van der Waals surface area contributed by atoms with E-state index in [1.807, 2.05) is 51.1 Å². The Balaban J connectivity index is 1.91. The normalized spacial score (nSPS) is 12.2. The number of pyridine rings is 1. The van der Waals surface area contributed by atoms with Crippen LogP contribution in [0, 0.1) is 13.8 Å². The summed E-state index contributed by atoms with van der Waals surface area (Å²) in [5, 5.41) is 3.35. The van der Waals surface area contributed by atoms with E-state index in [1.165, 1.54) is 0 Å². The second kappa shape index (κ2) is 6.68. The minimum absolute atomic E-state index is 0.268. The van der Waals surface area contributed by atoms with Crippen LogP contribution in [0.1, 0.15) is 29.8 Å². The zero-order chi connectivity index (χ0) is 18.1. The standard InChI is InChI=1S/C18H19N3O3S/c1-10-8-11(2)19-16-15(10)17(22)21(25-16)18(23)20-12(3)13-6-5-7-14(9-13)24-4/h5-9,12H,1-4H3,(H,20,23)/t12-/m1/s1. The van der Waals surface area contributed by atoms with E-state index in [1.54, 1.807) is 7.11 Å². The lowest BCUT2D eigenvalue weighted by atomic mass is 10.1. The van der Waals surface area contributed by atoms with Gasteiger partial charge >= 0.3 is 6.03 Å². The van der Waals surface area contributed by atoms with E-state index in [4.69, 9.17) is 4.74 Å². The van der Waals surface area contributed by atoms with E-state index in [0.717, 1.165) is 32.3 Å². The number of aryl methyl sites for hydroxylation is 2. The zero-order valence-electron chi connectivity index (χ0n) is 14.5. The number of methoxy groups -OCH3 is 1. The van der Waals surface area contributed by atoms with Gasteiger partial charge in [0.05, 0.1) is 18.5 Å². The van der Waals surface area contributed by atoms with Crippen LogP contribution in [0.25, 0.3) is 10.2 Å². The smallest absolute Gasteiger partial charge is 0.338 e. The van der Waals surface area contributed by atoms with Gasteiger partial charge < -0.3 is 10.1 Å². The Kier molecular flexibility index (Phi) is 4.59. The minimum Gasteiger partial charge on any atom is -0.497 e. The Morgan fingerprint density at radius 1 is 1.32 bits per heavy atom. The number of hydrogen-bond donors (Lipinski definition) is 1. The minimum atomic E-state index is -0.458. The molecule has 0 saturated carbocycles. The molecular formula is C18H19N3O3S. The summed E-state index contributed by atoms with van der Waals surface area (Å²) < 4.78 is 6.33. The third kappa shape index (κ3) is 3.28. The monoisotopic (exact) mass is 357 g/mol. The van der Waals surface area contributed by atoms with Crippen molar-refractivity contribution in [1.82, 2.24) is 14.3 Å². The van der Waals surface area contributed by atoms with Crippen molar-refractivity contribution >= 4 is 27.8 Å². The highest BCUT2D eigenvalue weighted by atomic mass is 32.1. The van der Waals surface area contributed by atoms with Gasteiger partial charge in [0.1, 0.15) is 10.6 Å². The van der Waals surface area contributed by atoms with Gasteiger partial charge in [-0.3, -0.25) is 4.79 Å². The molecule has 0 aliphatic carbocycles. The molecule has 25 heavy (non-hydrogen) atoms. The van der Waals surface area contributed by atoms with Crippen LogP contribution in [0.4, 0.5) is 4.79 Å². The fourth-order valence-corrected chi connectivity index (χ4v) is 3.74. The molecule has 2 heterocycles. The maximum Gasteiger partial charge on any atom is 0.338 e. The first-order chi connectivity index (χ1) is 11.9. The Hall–Kier alpha value is -2.67. The van der Waals surface area contributed by atoms with Gasteiger partial charge in [-0.05, 0) is 61.6 Å². The molecule has 1 atom stereocenters. The number of nitrogens with one attached hydrogen (secondary N) is 1. The number of carbonyl (C=O) groups excluding carboxylic acids is 1. The van der Waals surface area contributed by atoms with Gasteiger partial charge in [-0.15, -0.1) is 0 Å². The van der Waals surface area contributed by atoms with Gasteiger partial charge in [0.2, 0.25) is 0 Å². The average molecular weight is 357 g/mol. The predicted octanol–water partition coefficient (Wildman–Crippen LogP) is 3.40. The molecule has 6 nitrogen and oxygen atoms in total. The van der Waals surface area contributed by atoms with Crippen LogP contribution in [0.3, 0.4) is 0 Å². The van der Waals surface area contributed by atoms with Crippen LogP contribution < -0.4 is 15.6 Å². The molecule has 0 unspecified atom stereocenters. The van der Waals surface area contributed by atoms with E-state index in [0.29, 0.717) is 16.0 Å². The number of amides is 1. The molecule has 0 bridgehead atoms. The number of ether oxygens (including phenoxy) is 1. The lowest BCUT2D eigenvalue weighted by Gasteiger charge is -2.14. The van der Waals surface area contributed by atoms with Gasteiger partial charge in [-0.2, -0.15) is 3.96 Å². The lowest BCUT2D eigenvalue weighted by Crippen LogP contribution is -2.34.